The number of fused-ring (bicyclic) bond motifs is 1. The standard InChI is InChI=1S/C21H22N4O2/c1-15(26)23-21-16(8-6-12-22-21)10-11-20(27)24(2)14-18-13-17-7-4-5-9-19(17)25(18)3/h4-13H,14H2,1-3H3,(H,22,23,26)/b11-10+. The predicted molar refractivity (Wildman–Crippen MR) is 107 cm³/mol. The van der Waals surface area contributed by atoms with E-state index in [2.05, 4.69) is 33.1 Å². The first kappa shape index (κ1) is 18.4. The lowest BCUT2D eigenvalue weighted by Crippen LogP contribution is -2.25. The first-order chi connectivity index (χ1) is 13.0. The summed E-state index contributed by atoms with van der Waals surface area (Å²) in [5.41, 5.74) is 2.87. The summed E-state index contributed by atoms with van der Waals surface area (Å²) < 4.78 is 2.10. The Morgan fingerprint density at radius 2 is 2.00 bits per heavy atom. The van der Waals surface area contributed by atoms with Crippen LogP contribution in [-0.2, 0) is 23.2 Å². The number of anilines is 1. The second-order valence-electron chi connectivity index (χ2n) is 6.40. The van der Waals surface area contributed by atoms with Crippen molar-refractivity contribution in [1.82, 2.24) is 14.5 Å². The van der Waals surface area contributed by atoms with Crippen LogP contribution in [0.4, 0.5) is 5.82 Å². The number of para-hydroxylation sites is 1. The number of amides is 2. The van der Waals surface area contributed by atoms with Gasteiger partial charge in [0.25, 0.3) is 0 Å². The van der Waals surface area contributed by atoms with Crippen molar-refractivity contribution in [1.29, 1.82) is 0 Å². The van der Waals surface area contributed by atoms with Crippen LogP contribution < -0.4 is 5.32 Å². The van der Waals surface area contributed by atoms with E-state index < -0.39 is 0 Å². The topological polar surface area (TPSA) is 67.2 Å². The van der Waals surface area contributed by atoms with Crippen LogP contribution >= 0.6 is 0 Å². The molecule has 3 aromatic rings. The molecule has 0 radical (unpaired) electrons. The second-order valence-corrected chi connectivity index (χ2v) is 6.40. The molecule has 138 valence electrons. The van der Waals surface area contributed by atoms with Crippen LogP contribution in [0.15, 0.2) is 54.7 Å². The summed E-state index contributed by atoms with van der Waals surface area (Å²) >= 11 is 0. The lowest BCUT2D eigenvalue weighted by atomic mass is 10.2. The van der Waals surface area contributed by atoms with Crippen LogP contribution in [0.1, 0.15) is 18.2 Å². The fraction of sp³-hybridized carbons (Fsp3) is 0.190. The number of carbonyl (C=O) groups excluding carboxylic acids is 2. The van der Waals surface area contributed by atoms with E-state index in [-0.39, 0.29) is 11.8 Å². The minimum Gasteiger partial charge on any atom is -0.346 e. The number of nitrogens with one attached hydrogen (secondary N) is 1. The van der Waals surface area contributed by atoms with Gasteiger partial charge in [-0.15, -0.1) is 0 Å². The number of hydrogen-bond donors (Lipinski definition) is 1. The molecule has 2 amide bonds. The van der Waals surface area contributed by atoms with Crippen LogP contribution in [0.5, 0.6) is 0 Å². The number of hydrogen-bond acceptors (Lipinski definition) is 3. The van der Waals surface area contributed by atoms with E-state index in [0.717, 1.165) is 16.6 Å². The molecule has 1 aromatic carbocycles. The molecule has 0 aliphatic rings. The number of rotatable bonds is 5. The third kappa shape index (κ3) is 4.23. The molecule has 0 atom stereocenters. The molecule has 0 aliphatic heterocycles. The zero-order valence-electron chi connectivity index (χ0n) is 15.6. The van der Waals surface area contributed by atoms with Crippen LogP contribution in [-0.4, -0.2) is 33.3 Å². The molecule has 1 N–H and O–H groups in total. The van der Waals surface area contributed by atoms with E-state index in [4.69, 9.17) is 0 Å². The summed E-state index contributed by atoms with van der Waals surface area (Å²) in [7, 11) is 3.77. The maximum absolute atomic E-state index is 12.5. The van der Waals surface area contributed by atoms with Gasteiger partial charge in [-0.1, -0.05) is 18.2 Å². The SMILES string of the molecule is CC(=O)Nc1ncccc1/C=C/C(=O)N(C)Cc1cc2ccccc2n1C. The minimum absolute atomic E-state index is 0.127. The summed E-state index contributed by atoms with van der Waals surface area (Å²) in [5, 5.41) is 3.81. The number of aromatic nitrogens is 2. The Kier molecular flexibility index (Phi) is 5.35. The molecule has 27 heavy (non-hydrogen) atoms. The Morgan fingerprint density at radius 3 is 2.74 bits per heavy atom. The highest BCUT2D eigenvalue weighted by Gasteiger charge is 2.11. The monoisotopic (exact) mass is 362 g/mol. The first-order valence-corrected chi connectivity index (χ1v) is 8.65. The van der Waals surface area contributed by atoms with Crippen molar-refractivity contribution in [3.8, 4) is 0 Å². The van der Waals surface area contributed by atoms with Gasteiger partial charge < -0.3 is 14.8 Å². The predicted octanol–water partition coefficient (Wildman–Crippen LogP) is 3.20. The normalized spacial score (nSPS) is 11.1. The molecule has 0 saturated heterocycles. The Labute approximate surface area is 158 Å². The van der Waals surface area contributed by atoms with E-state index in [9.17, 15) is 9.59 Å². The molecule has 0 unspecified atom stereocenters. The minimum atomic E-state index is -0.206. The number of carbonyl (C=O) groups is 2. The number of pyridine rings is 1. The largest absolute Gasteiger partial charge is 0.346 e. The van der Waals surface area contributed by atoms with Gasteiger partial charge in [0.05, 0.1) is 6.54 Å². The molecule has 3 rings (SSSR count). The van der Waals surface area contributed by atoms with E-state index >= 15 is 0 Å². The Morgan fingerprint density at radius 1 is 1.22 bits per heavy atom. The summed E-state index contributed by atoms with van der Waals surface area (Å²) in [6, 6.07) is 13.8. The fourth-order valence-electron chi connectivity index (χ4n) is 2.93. The van der Waals surface area contributed by atoms with Crippen molar-refractivity contribution in [2.75, 3.05) is 12.4 Å². The Bertz CT molecular complexity index is 1020. The molecule has 2 heterocycles. The smallest absolute Gasteiger partial charge is 0.246 e. The van der Waals surface area contributed by atoms with Crippen LogP contribution in [0.25, 0.3) is 17.0 Å². The van der Waals surface area contributed by atoms with Crippen molar-refractivity contribution in [2.45, 2.75) is 13.5 Å². The zero-order valence-corrected chi connectivity index (χ0v) is 15.6. The Hall–Kier alpha value is -3.41. The van der Waals surface area contributed by atoms with E-state index in [1.54, 1.807) is 36.4 Å². The highest BCUT2D eigenvalue weighted by molar-refractivity contribution is 5.94. The maximum atomic E-state index is 12.5. The number of benzene rings is 1. The summed E-state index contributed by atoms with van der Waals surface area (Å²) in [6.07, 6.45) is 4.75. The first-order valence-electron chi connectivity index (χ1n) is 8.65. The van der Waals surface area contributed by atoms with Gasteiger partial charge >= 0.3 is 0 Å². The van der Waals surface area contributed by atoms with Crippen molar-refractivity contribution in [2.24, 2.45) is 7.05 Å². The lowest BCUT2D eigenvalue weighted by Gasteiger charge is -2.16. The van der Waals surface area contributed by atoms with E-state index in [0.29, 0.717) is 17.9 Å². The van der Waals surface area contributed by atoms with Crippen molar-refractivity contribution in [3.63, 3.8) is 0 Å². The molecular weight excluding hydrogens is 340 g/mol. The van der Waals surface area contributed by atoms with Crippen molar-refractivity contribution in [3.05, 3.63) is 66.0 Å². The van der Waals surface area contributed by atoms with Crippen LogP contribution in [0.3, 0.4) is 0 Å². The Balaban J connectivity index is 1.73. The summed E-state index contributed by atoms with van der Waals surface area (Å²) in [5.74, 6) is 0.103. The molecule has 0 saturated carbocycles. The van der Waals surface area contributed by atoms with Gasteiger partial charge in [0.2, 0.25) is 11.8 Å². The van der Waals surface area contributed by atoms with E-state index in [1.165, 1.54) is 13.0 Å². The molecule has 6 nitrogen and oxygen atoms in total. The highest BCUT2D eigenvalue weighted by Crippen LogP contribution is 2.19. The third-order valence-electron chi connectivity index (χ3n) is 4.37. The molecule has 0 aliphatic carbocycles. The van der Waals surface area contributed by atoms with Gasteiger partial charge in [-0.25, -0.2) is 4.98 Å². The van der Waals surface area contributed by atoms with Gasteiger partial charge in [-0.3, -0.25) is 9.59 Å². The molecule has 0 fully saturated rings. The van der Waals surface area contributed by atoms with Gasteiger partial charge in [0.15, 0.2) is 0 Å². The maximum Gasteiger partial charge on any atom is 0.246 e. The lowest BCUT2D eigenvalue weighted by molar-refractivity contribution is -0.125. The quantitative estimate of drug-likeness (QED) is 0.709. The average molecular weight is 362 g/mol. The molecule has 6 heteroatoms. The van der Waals surface area contributed by atoms with Gasteiger partial charge in [0, 0.05) is 50.1 Å². The van der Waals surface area contributed by atoms with Crippen molar-refractivity contribution >= 4 is 34.6 Å². The fourth-order valence-corrected chi connectivity index (χ4v) is 2.93. The number of aryl methyl sites for hydroxylation is 1. The average Bonchev–Trinajstić information content (AvgIpc) is 2.96. The second kappa shape index (κ2) is 7.86. The van der Waals surface area contributed by atoms with Gasteiger partial charge in [-0.2, -0.15) is 0 Å². The molecule has 0 bridgehead atoms. The highest BCUT2D eigenvalue weighted by atomic mass is 16.2. The summed E-state index contributed by atoms with van der Waals surface area (Å²) in [4.78, 5) is 29.6. The zero-order chi connectivity index (χ0) is 19.4. The number of nitrogens with zero attached hydrogens (tertiary/aromatic N) is 3. The summed E-state index contributed by atoms with van der Waals surface area (Å²) in [6.45, 7) is 1.92. The van der Waals surface area contributed by atoms with Crippen LogP contribution in [0, 0.1) is 0 Å². The van der Waals surface area contributed by atoms with Crippen molar-refractivity contribution < 1.29 is 9.59 Å². The van der Waals surface area contributed by atoms with Crippen LogP contribution in [0.2, 0.25) is 0 Å². The van der Waals surface area contributed by atoms with Gasteiger partial charge in [-0.05, 0) is 35.7 Å². The molecular formula is C21H22N4O2. The van der Waals surface area contributed by atoms with E-state index in [1.807, 2.05) is 19.2 Å². The third-order valence-corrected chi connectivity index (χ3v) is 4.37. The number of likely N-dealkylation sites (N-methyl/N-ethyl adjacent to an activating group) is 1. The molecule has 2 aromatic heterocycles. The molecule has 0 spiro atoms. The van der Waals surface area contributed by atoms with Gasteiger partial charge in [0.1, 0.15) is 5.82 Å².